The van der Waals surface area contributed by atoms with Crippen LogP contribution in [0.15, 0.2) is 48.5 Å². The molecular formula is C16H16ClN2O3-. The molecule has 2 aromatic carbocycles. The minimum atomic E-state index is -0.191. The third-order valence-corrected chi connectivity index (χ3v) is 3.18. The van der Waals surface area contributed by atoms with E-state index in [9.17, 15) is 5.11 Å². The first-order valence-corrected chi connectivity index (χ1v) is 6.91. The molecule has 0 atom stereocenters. The number of amidine groups is 1. The molecule has 0 radical (unpaired) electrons. The normalized spacial score (nSPS) is 10.5. The van der Waals surface area contributed by atoms with Crippen LogP contribution in [0.1, 0.15) is 11.1 Å². The Labute approximate surface area is 133 Å². The average molecular weight is 320 g/mol. The molecule has 0 aliphatic heterocycles. The van der Waals surface area contributed by atoms with Crippen LogP contribution in [0.4, 0.5) is 0 Å². The maximum absolute atomic E-state index is 9.85. The highest BCUT2D eigenvalue weighted by atomic mass is 35.5. The van der Waals surface area contributed by atoms with Gasteiger partial charge in [-0.1, -0.05) is 41.9 Å². The molecule has 0 aromatic heterocycles. The van der Waals surface area contributed by atoms with E-state index in [1.54, 1.807) is 37.4 Å². The van der Waals surface area contributed by atoms with Crippen LogP contribution in [0.3, 0.4) is 0 Å². The van der Waals surface area contributed by atoms with Crippen molar-refractivity contribution in [3.8, 4) is 5.75 Å². The second-order valence-corrected chi connectivity index (χ2v) is 4.90. The molecule has 0 aliphatic rings. The molecule has 0 bridgehead atoms. The zero-order chi connectivity index (χ0) is 15.9. The molecule has 5 nitrogen and oxygen atoms in total. The Morgan fingerprint density at radius 2 is 1.95 bits per heavy atom. The van der Waals surface area contributed by atoms with Crippen LogP contribution in [0, 0.1) is 11.7 Å². The molecular weight excluding hydrogens is 304 g/mol. The summed E-state index contributed by atoms with van der Waals surface area (Å²) in [6.45, 7) is 0. The van der Waals surface area contributed by atoms with Gasteiger partial charge in [0, 0.05) is 10.9 Å². The van der Waals surface area contributed by atoms with Crippen molar-refractivity contribution in [1.82, 2.24) is 0 Å². The van der Waals surface area contributed by atoms with E-state index >= 15 is 0 Å². The number of nitrogens with zero attached hydrogens (tertiary/aromatic N) is 1. The number of methoxy groups -OCH3 is 1. The summed E-state index contributed by atoms with van der Waals surface area (Å²) in [4.78, 5) is 3.68. The fourth-order valence-electron chi connectivity index (χ4n) is 1.83. The summed E-state index contributed by atoms with van der Waals surface area (Å²) in [5.41, 5.74) is 5.07. The molecule has 0 aliphatic carbocycles. The lowest BCUT2D eigenvalue weighted by molar-refractivity contribution is -0.0640. The largest absolute Gasteiger partial charge is 0.497 e. The summed E-state index contributed by atoms with van der Waals surface area (Å²) in [5, 5.41) is 18.2. The van der Waals surface area contributed by atoms with E-state index in [2.05, 4.69) is 10.3 Å². The number of para-hydroxylation sites is 1. The molecule has 0 amide bonds. The second-order valence-electron chi connectivity index (χ2n) is 4.46. The van der Waals surface area contributed by atoms with Crippen molar-refractivity contribution in [1.29, 1.82) is 5.41 Å². The van der Waals surface area contributed by atoms with Gasteiger partial charge in [-0.25, -0.2) is 5.48 Å². The van der Waals surface area contributed by atoms with E-state index in [1.165, 1.54) is 0 Å². The van der Waals surface area contributed by atoms with Gasteiger partial charge in [0.2, 0.25) is 0 Å². The van der Waals surface area contributed by atoms with Gasteiger partial charge in [0.05, 0.1) is 7.11 Å². The fraction of sp³-hybridized carbons (Fsp3) is 0.125. The van der Waals surface area contributed by atoms with Crippen molar-refractivity contribution < 1.29 is 14.7 Å². The van der Waals surface area contributed by atoms with Gasteiger partial charge < -0.3 is 20.1 Å². The Kier molecular flexibility index (Phi) is 5.77. The lowest BCUT2D eigenvalue weighted by Gasteiger charge is -2.24. The summed E-state index contributed by atoms with van der Waals surface area (Å²) >= 11 is 5.78. The van der Waals surface area contributed by atoms with Gasteiger partial charge in [0.25, 0.3) is 0 Å². The highest BCUT2D eigenvalue weighted by Crippen LogP contribution is 2.21. The molecule has 2 rings (SSSR count). The average Bonchev–Trinajstić information content (AvgIpc) is 2.54. The van der Waals surface area contributed by atoms with Crippen LogP contribution in [-0.4, -0.2) is 22.9 Å². The van der Waals surface area contributed by atoms with Crippen LogP contribution < -0.4 is 4.74 Å². The number of aliphatic hydroxyl groups excluding tert-OH is 1. The molecule has 6 heteroatoms. The predicted octanol–water partition coefficient (Wildman–Crippen LogP) is 4.08. The highest BCUT2D eigenvalue weighted by Gasteiger charge is 2.05. The minimum Gasteiger partial charge on any atom is -0.497 e. The first-order chi connectivity index (χ1) is 10.6. The van der Waals surface area contributed by atoms with Gasteiger partial charge in [0.15, 0.2) is 0 Å². The lowest BCUT2D eigenvalue weighted by atomic mass is 10.1. The molecule has 0 saturated heterocycles. The third kappa shape index (κ3) is 4.46. The Bertz CT molecular complexity index is 632. The highest BCUT2D eigenvalue weighted by molar-refractivity contribution is 6.30. The van der Waals surface area contributed by atoms with Crippen LogP contribution >= 0.6 is 11.6 Å². The second kappa shape index (κ2) is 7.79. The van der Waals surface area contributed by atoms with E-state index in [-0.39, 0.29) is 18.5 Å². The van der Waals surface area contributed by atoms with Crippen LogP contribution in [0.5, 0.6) is 5.75 Å². The fourth-order valence-corrected chi connectivity index (χ4v) is 1.95. The SMILES string of the molecule is COc1ccccc1C[C-](O)[OH+][N-]C(=N)c1ccc(Cl)cc1. The van der Waals surface area contributed by atoms with Gasteiger partial charge >= 0.3 is 0 Å². The molecule has 0 saturated carbocycles. The van der Waals surface area contributed by atoms with E-state index in [0.717, 1.165) is 5.56 Å². The molecule has 2 aromatic rings. The van der Waals surface area contributed by atoms with E-state index < -0.39 is 0 Å². The zero-order valence-electron chi connectivity index (χ0n) is 12.0. The summed E-state index contributed by atoms with van der Waals surface area (Å²) in [6.07, 6.45) is -0.00951. The number of aliphatic hydroxyl groups is 2. The van der Waals surface area contributed by atoms with Gasteiger partial charge in [-0.05, 0) is 35.7 Å². The van der Waals surface area contributed by atoms with Crippen molar-refractivity contribution in [3.05, 3.63) is 76.5 Å². The maximum Gasteiger partial charge on any atom is 0.119 e. The number of hydrogen-bond donors (Lipinski definition) is 2. The van der Waals surface area contributed by atoms with Crippen LogP contribution in [-0.2, 0) is 6.42 Å². The predicted molar refractivity (Wildman–Crippen MR) is 85.3 cm³/mol. The van der Waals surface area contributed by atoms with Gasteiger partial charge in [-0.2, -0.15) is 0 Å². The molecule has 116 valence electrons. The molecule has 0 spiro atoms. The number of nitrogens with one attached hydrogen (secondary N) is 1. The number of hydroxylamine groups is 1. The van der Waals surface area contributed by atoms with Crippen molar-refractivity contribution in [3.63, 3.8) is 0 Å². The number of benzene rings is 2. The van der Waals surface area contributed by atoms with Gasteiger partial charge in [0.1, 0.15) is 12.0 Å². The molecule has 0 heterocycles. The third-order valence-electron chi connectivity index (χ3n) is 2.92. The Morgan fingerprint density at radius 1 is 1.27 bits per heavy atom. The summed E-state index contributed by atoms with van der Waals surface area (Å²) in [5.74, 6) is 0.611. The first kappa shape index (κ1) is 16.3. The quantitative estimate of drug-likeness (QED) is 0.276. The van der Waals surface area contributed by atoms with E-state index in [0.29, 0.717) is 16.3 Å². The van der Waals surface area contributed by atoms with Crippen LogP contribution in [0.2, 0.25) is 5.02 Å². The smallest absolute Gasteiger partial charge is 0.119 e. The number of rotatable bonds is 6. The Morgan fingerprint density at radius 3 is 2.64 bits per heavy atom. The van der Waals surface area contributed by atoms with Gasteiger partial charge in [-0.3, -0.25) is 0 Å². The maximum atomic E-state index is 9.85. The summed E-state index contributed by atoms with van der Waals surface area (Å²) in [7, 11) is 1.56. The molecule has 0 unspecified atom stereocenters. The van der Waals surface area contributed by atoms with Gasteiger partial charge in [-0.15, -0.1) is 0 Å². The standard InChI is InChI=1S/C16H16ClN2O3/c1-21-14-5-3-2-4-12(14)10-15(20)22-19-16(18)11-6-8-13(17)9-7-11/h2-9,20,22H,10H2,1H3,(H-,18,19)/q-1. The summed E-state index contributed by atoms with van der Waals surface area (Å²) in [6, 6.07) is 14.0. The molecule has 22 heavy (non-hydrogen) atoms. The number of hydrogen-bond acceptors (Lipinski definition) is 3. The lowest BCUT2D eigenvalue weighted by Crippen LogP contribution is -2.11. The van der Waals surface area contributed by atoms with Crippen LogP contribution in [0.25, 0.3) is 5.48 Å². The Hall–Kier alpha value is -2.08. The number of ether oxygens (including phenoxy) is 1. The monoisotopic (exact) mass is 319 g/mol. The Balaban J connectivity index is 1.88. The minimum absolute atomic E-state index is 0.0526. The van der Waals surface area contributed by atoms with E-state index in [4.69, 9.17) is 21.7 Å². The molecule has 3 N–H and O–H groups in total. The van der Waals surface area contributed by atoms with Crippen molar-refractivity contribution >= 4 is 17.4 Å². The van der Waals surface area contributed by atoms with Crippen molar-refractivity contribution in [2.75, 3.05) is 7.11 Å². The van der Waals surface area contributed by atoms with Crippen molar-refractivity contribution in [2.24, 2.45) is 0 Å². The molecule has 0 fully saturated rings. The zero-order valence-corrected chi connectivity index (χ0v) is 12.7. The first-order valence-electron chi connectivity index (χ1n) is 6.53. The number of halogens is 1. The van der Waals surface area contributed by atoms with E-state index in [1.807, 2.05) is 18.2 Å². The van der Waals surface area contributed by atoms with Crippen molar-refractivity contribution in [2.45, 2.75) is 6.42 Å². The summed E-state index contributed by atoms with van der Waals surface area (Å²) < 4.78 is 5.20. The topological polar surface area (TPSA) is 80.2 Å².